The van der Waals surface area contributed by atoms with Crippen molar-refractivity contribution in [2.24, 2.45) is 0 Å². The van der Waals surface area contributed by atoms with Crippen LogP contribution in [0.2, 0.25) is 0 Å². The molecule has 0 aliphatic carbocycles. The second-order valence-corrected chi connectivity index (χ2v) is 7.91. The Morgan fingerprint density at radius 3 is 2.17 bits per heavy atom. The number of hydrogen-bond donors (Lipinski definition) is 2. The largest absolute Gasteiger partial charge is 0.616 e. The number of rotatable bonds is 2. The lowest BCUT2D eigenvalue weighted by Gasteiger charge is -2.07. The molecule has 0 amide bonds. The highest BCUT2D eigenvalue weighted by Gasteiger charge is 2.35. The number of benzene rings is 1. The smallest absolute Gasteiger partial charge is 0.296 e. The van der Waals surface area contributed by atoms with Crippen LogP contribution in [0, 0.1) is 0 Å². The van der Waals surface area contributed by atoms with E-state index in [9.17, 15) is 21.4 Å². The van der Waals surface area contributed by atoms with Gasteiger partial charge in [-0.25, -0.2) is 0 Å². The fraction of sp³-hybridized carbons (Fsp3) is 0.250. The topological polar surface area (TPSA) is 132 Å². The highest BCUT2D eigenvalue weighted by atomic mass is 32.2. The monoisotopic (exact) mass is 312 g/mol. The van der Waals surface area contributed by atoms with Crippen molar-refractivity contribution in [3.05, 3.63) is 23.3 Å². The molecule has 1 atom stereocenters. The Bertz CT molecular complexity index is 704. The molecule has 1 aliphatic rings. The van der Waals surface area contributed by atoms with Gasteiger partial charge in [-0.1, -0.05) is 6.07 Å². The van der Waals surface area contributed by atoms with Gasteiger partial charge in [-0.05, 0) is 17.2 Å². The molecule has 2 rings (SSSR count). The van der Waals surface area contributed by atoms with Crippen LogP contribution in [0.25, 0.3) is 0 Å². The molecule has 7 nitrogen and oxygen atoms in total. The van der Waals surface area contributed by atoms with Gasteiger partial charge < -0.3 is 4.55 Å². The van der Waals surface area contributed by atoms with Crippen LogP contribution in [0.3, 0.4) is 0 Å². The highest BCUT2D eigenvalue weighted by molar-refractivity contribution is 7.90. The van der Waals surface area contributed by atoms with Crippen LogP contribution in [-0.2, 0) is 42.9 Å². The maximum absolute atomic E-state index is 11.4. The zero-order valence-electron chi connectivity index (χ0n) is 8.73. The maximum Gasteiger partial charge on any atom is 0.296 e. The molecule has 1 unspecified atom stereocenters. The van der Waals surface area contributed by atoms with Gasteiger partial charge in [-0.3, -0.25) is 9.11 Å². The molecule has 0 radical (unpaired) electrons. The summed E-state index contributed by atoms with van der Waals surface area (Å²) in [5.74, 6) is -0.0859. The van der Waals surface area contributed by atoms with Crippen LogP contribution >= 0.6 is 0 Å². The fourth-order valence-electron chi connectivity index (χ4n) is 1.81. The summed E-state index contributed by atoms with van der Waals surface area (Å²) in [6.07, 6.45) is 0. The van der Waals surface area contributed by atoms with Gasteiger partial charge >= 0.3 is 0 Å². The molecular formula is C8H8O7S3. The molecule has 18 heavy (non-hydrogen) atoms. The van der Waals surface area contributed by atoms with Gasteiger partial charge in [-0.2, -0.15) is 16.8 Å². The van der Waals surface area contributed by atoms with Crippen molar-refractivity contribution in [2.45, 2.75) is 21.3 Å². The first-order chi connectivity index (χ1) is 8.10. The summed E-state index contributed by atoms with van der Waals surface area (Å²) in [6.45, 7) is 0. The minimum Gasteiger partial charge on any atom is -0.616 e. The lowest BCUT2D eigenvalue weighted by molar-refractivity contribution is 0.465. The summed E-state index contributed by atoms with van der Waals surface area (Å²) < 4.78 is 74.1. The standard InChI is InChI=1S/C8H8O7S3/c9-16-3-5-1-2-7(17(10,11)12)8(6(5)4-16)18(13,14)15/h1-2H,3-4H2,(H,10,11,12)(H,13,14,15). The summed E-state index contributed by atoms with van der Waals surface area (Å²) >= 11 is -1.35. The van der Waals surface area contributed by atoms with Crippen LogP contribution in [0.5, 0.6) is 0 Å². The maximum atomic E-state index is 11.4. The van der Waals surface area contributed by atoms with Crippen LogP contribution in [0.1, 0.15) is 11.1 Å². The van der Waals surface area contributed by atoms with Gasteiger partial charge in [0.15, 0.2) is 0 Å². The second kappa shape index (κ2) is 4.18. The van der Waals surface area contributed by atoms with Gasteiger partial charge in [-0.15, -0.1) is 0 Å². The van der Waals surface area contributed by atoms with E-state index in [0.29, 0.717) is 5.56 Å². The third-order valence-electron chi connectivity index (χ3n) is 2.48. The molecule has 0 saturated heterocycles. The molecule has 1 aromatic carbocycles. The second-order valence-electron chi connectivity index (χ2n) is 3.71. The van der Waals surface area contributed by atoms with E-state index in [-0.39, 0.29) is 17.1 Å². The molecule has 0 spiro atoms. The Balaban J connectivity index is 2.86. The Hall–Kier alpha value is -0.650. The summed E-state index contributed by atoms with van der Waals surface area (Å²) in [6, 6.07) is 2.15. The Morgan fingerprint density at radius 2 is 1.67 bits per heavy atom. The van der Waals surface area contributed by atoms with Crippen LogP contribution in [0.4, 0.5) is 0 Å². The molecule has 0 bridgehead atoms. The Labute approximate surface area is 107 Å². The van der Waals surface area contributed by atoms with E-state index in [1.54, 1.807) is 0 Å². The van der Waals surface area contributed by atoms with Gasteiger partial charge in [0.1, 0.15) is 21.3 Å². The molecule has 1 aliphatic heterocycles. The molecule has 1 aromatic rings. The van der Waals surface area contributed by atoms with Gasteiger partial charge in [0, 0.05) is 11.1 Å². The van der Waals surface area contributed by atoms with E-state index in [1.165, 1.54) is 6.07 Å². The Kier molecular flexibility index (Phi) is 3.20. The fourth-order valence-corrected chi connectivity index (χ4v) is 5.34. The van der Waals surface area contributed by atoms with Crippen molar-refractivity contribution >= 4 is 31.4 Å². The van der Waals surface area contributed by atoms with Crippen molar-refractivity contribution in [1.29, 1.82) is 0 Å². The third-order valence-corrected chi connectivity index (χ3v) is 5.73. The minimum absolute atomic E-state index is 0.0223. The molecule has 10 heteroatoms. The van der Waals surface area contributed by atoms with Crippen LogP contribution < -0.4 is 0 Å². The van der Waals surface area contributed by atoms with Crippen molar-refractivity contribution in [3.63, 3.8) is 0 Å². The van der Waals surface area contributed by atoms with Crippen molar-refractivity contribution in [3.8, 4) is 0 Å². The van der Waals surface area contributed by atoms with E-state index < -0.39 is 41.2 Å². The van der Waals surface area contributed by atoms with Crippen LogP contribution in [0.15, 0.2) is 21.9 Å². The van der Waals surface area contributed by atoms with E-state index in [4.69, 9.17) is 9.11 Å². The van der Waals surface area contributed by atoms with E-state index in [1.807, 2.05) is 0 Å². The molecular weight excluding hydrogens is 304 g/mol. The molecule has 0 saturated carbocycles. The van der Waals surface area contributed by atoms with E-state index in [0.717, 1.165) is 6.07 Å². The predicted molar refractivity (Wildman–Crippen MR) is 61.6 cm³/mol. The first kappa shape index (κ1) is 13.8. The summed E-state index contributed by atoms with van der Waals surface area (Å²) in [4.78, 5) is -1.78. The number of hydrogen-bond acceptors (Lipinski definition) is 5. The SMILES string of the molecule is O=S(=O)(O)c1ccc2c(c1S(=O)(=O)O)C[S+]([O-])C2. The molecule has 1 heterocycles. The average Bonchev–Trinajstić information content (AvgIpc) is 2.52. The lowest BCUT2D eigenvalue weighted by Crippen LogP contribution is -2.11. The van der Waals surface area contributed by atoms with Gasteiger partial charge in [0.25, 0.3) is 20.2 Å². The molecule has 0 aromatic heterocycles. The van der Waals surface area contributed by atoms with E-state index in [2.05, 4.69) is 0 Å². The summed E-state index contributed by atoms with van der Waals surface area (Å²) in [5.41, 5.74) is 0.360. The average molecular weight is 312 g/mol. The lowest BCUT2D eigenvalue weighted by atomic mass is 10.1. The first-order valence-electron chi connectivity index (χ1n) is 4.55. The first-order valence-corrected chi connectivity index (χ1v) is 8.92. The highest BCUT2D eigenvalue weighted by Crippen LogP contribution is 2.34. The number of fused-ring (bicyclic) bond motifs is 1. The third kappa shape index (κ3) is 2.39. The predicted octanol–water partition coefficient (Wildman–Crippen LogP) is -0.0577. The summed E-state index contributed by atoms with van der Waals surface area (Å²) in [7, 11) is -9.63. The van der Waals surface area contributed by atoms with Gasteiger partial charge in [0.05, 0.1) is 0 Å². The molecule has 0 fully saturated rings. The van der Waals surface area contributed by atoms with Crippen molar-refractivity contribution in [2.75, 3.05) is 0 Å². The quantitative estimate of drug-likeness (QED) is 0.577. The molecule has 100 valence electrons. The van der Waals surface area contributed by atoms with Crippen molar-refractivity contribution < 1.29 is 30.5 Å². The van der Waals surface area contributed by atoms with Gasteiger partial charge in [0.2, 0.25) is 0 Å². The van der Waals surface area contributed by atoms with E-state index >= 15 is 0 Å². The normalized spacial score (nSPS) is 19.8. The van der Waals surface area contributed by atoms with Crippen molar-refractivity contribution in [1.82, 2.24) is 0 Å². The molecule has 2 N–H and O–H groups in total. The minimum atomic E-state index is -4.84. The Morgan fingerprint density at radius 1 is 1.06 bits per heavy atom. The zero-order valence-corrected chi connectivity index (χ0v) is 11.2. The summed E-state index contributed by atoms with van der Waals surface area (Å²) in [5, 5.41) is 0. The zero-order chi connectivity index (χ0) is 13.7. The van der Waals surface area contributed by atoms with Crippen LogP contribution in [-0.4, -0.2) is 30.5 Å².